The van der Waals surface area contributed by atoms with E-state index in [1.807, 2.05) is 11.8 Å². The minimum Gasteiger partial charge on any atom is -0.396 e. The summed E-state index contributed by atoms with van der Waals surface area (Å²) < 4.78 is 6.00. The molecule has 1 saturated carbocycles. The number of rotatable bonds is 4. The first-order chi connectivity index (χ1) is 7.35. The molecule has 0 bridgehead atoms. The molecule has 0 radical (unpaired) electrons. The number of thioether (sulfide) groups is 1. The number of hydrogen-bond donors (Lipinski definition) is 1. The van der Waals surface area contributed by atoms with E-state index < -0.39 is 0 Å². The average molecular weight is 230 g/mol. The standard InChI is InChI=1S/C12H22O2S/c13-7-3-9-15-11-4-8-14-12(10-11)5-1-2-6-12/h11,13H,1-10H2. The molecule has 0 aromatic carbocycles. The summed E-state index contributed by atoms with van der Waals surface area (Å²) in [5.74, 6) is 1.11. The molecule has 0 aromatic heterocycles. The predicted molar refractivity (Wildman–Crippen MR) is 64.3 cm³/mol. The molecule has 1 spiro atoms. The van der Waals surface area contributed by atoms with E-state index in [4.69, 9.17) is 9.84 Å². The second-order valence-corrected chi connectivity index (χ2v) is 6.21. The molecule has 0 amide bonds. The first kappa shape index (κ1) is 11.7. The maximum atomic E-state index is 8.76. The topological polar surface area (TPSA) is 29.5 Å². The van der Waals surface area contributed by atoms with Gasteiger partial charge in [0, 0.05) is 18.5 Å². The van der Waals surface area contributed by atoms with Crippen LogP contribution in [-0.4, -0.2) is 34.9 Å². The minimum absolute atomic E-state index is 0.259. The van der Waals surface area contributed by atoms with Crippen LogP contribution in [0.25, 0.3) is 0 Å². The van der Waals surface area contributed by atoms with Gasteiger partial charge in [-0.2, -0.15) is 11.8 Å². The smallest absolute Gasteiger partial charge is 0.0693 e. The molecule has 1 aliphatic carbocycles. The molecular formula is C12H22O2S. The van der Waals surface area contributed by atoms with Gasteiger partial charge < -0.3 is 9.84 Å². The third-order valence-corrected chi connectivity index (χ3v) is 5.02. The van der Waals surface area contributed by atoms with Crippen molar-refractivity contribution >= 4 is 11.8 Å². The lowest BCUT2D eigenvalue weighted by Gasteiger charge is -2.38. The fraction of sp³-hybridized carbons (Fsp3) is 1.00. The molecule has 15 heavy (non-hydrogen) atoms. The maximum absolute atomic E-state index is 8.76. The summed E-state index contributed by atoms with van der Waals surface area (Å²) in [7, 11) is 0. The third-order valence-electron chi connectivity index (χ3n) is 3.62. The molecule has 88 valence electrons. The van der Waals surface area contributed by atoms with Crippen molar-refractivity contribution in [3.05, 3.63) is 0 Å². The Morgan fingerprint density at radius 3 is 2.87 bits per heavy atom. The molecule has 3 heteroatoms. The molecule has 1 saturated heterocycles. The molecule has 0 aromatic rings. The summed E-state index contributed by atoms with van der Waals surface area (Å²) in [6.45, 7) is 1.29. The van der Waals surface area contributed by atoms with Gasteiger partial charge in [-0.1, -0.05) is 12.8 Å². The van der Waals surface area contributed by atoms with Gasteiger partial charge in [0.1, 0.15) is 0 Å². The SMILES string of the molecule is OCCCSC1CCOC2(CCCC2)C1. The van der Waals surface area contributed by atoms with Crippen molar-refractivity contribution in [2.24, 2.45) is 0 Å². The van der Waals surface area contributed by atoms with Crippen LogP contribution in [0.5, 0.6) is 0 Å². The van der Waals surface area contributed by atoms with Crippen LogP contribution in [-0.2, 0) is 4.74 Å². The molecule has 2 aliphatic rings. The summed E-state index contributed by atoms with van der Waals surface area (Å²) in [5.41, 5.74) is 0.259. The van der Waals surface area contributed by atoms with Crippen molar-refractivity contribution in [2.45, 2.75) is 55.8 Å². The van der Waals surface area contributed by atoms with Crippen molar-refractivity contribution < 1.29 is 9.84 Å². The van der Waals surface area contributed by atoms with Crippen LogP contribution < -0.4 is 0 Å². The summed E-state index contributed by atoms with van der Waals surface area (Å²) in [5, 5.41) is 9.54. The van der Waals surface area contributed by atoms with Crippen molar-refractivity contribution in [3.63, 3.8) is 0 Å². The van der Waals surface area contributed by atoms with Crippen molar-refractivity contribution in [3.8, 4) is 0 Å². The quantitative estimate of drug-likeness (QED) is 0.753. The Morgan fingerprint density at radius 1 is 1.33 bits per heavy atom. The highest BCUT2D eigenvalue weighted by molar-refractivity contribution is 7.99. The van der Waals surface area contributed by atoms with Gasteiger partial charge in [0.05, 0.1) is 5.60 Å². The van der Waals surface area contributed by atoms with Crippen LogP contribution in [0.2, 0.25) is 0 Å². The number of aliphatic hydroxyl groups is 1. The third kappa shape index (κ3) is 3.11. The molecule has 2 rings (SSSR count). The fourth-order valence-corrected chi connectivity index (χ4v) is 4.12. The minimum atomic E-state index is 0.259. The Hall–Kier alpha value is 0.270. The Balaban J connectivity index is 1.76. The lowest BCUT2D eigenvalue weighted by Crippen LogP contribution is -2.38. The summed E-state index contributed by atoms with van der Waals surface area (Å²) in [6.07, 6.45) is 8.67. The zero-order chi connectivity index (χ0) is 10.6. The highest BCUT2D eigenvalue weighted by atomic mass is 32.2. The first-order valence-electron chi connectivity index (χ1n) is 6.21. The van der Waals surface area contributed by atoms with Crippen LogP contribution in [0.15, 0.2) is 0 Å². The second-order valence-electron chi connectivity index (χ2n) is 4.80. The van der Waals surface area contributed by atoms with Gasteiger partial charge in [0.25, 0.3) is 0 Å². The van der Waals surface area contributed by atoms with E-state index in [0.29, 0.717) is 6.61 Å². The van der Waals surface area contributed by atoms with Gasteiger partial charge in [0.2, 0.25) is 0 Å². The van der Waals surface area contributed by atoms with Gasteiger partial charge in [-0.25, -0.2) is 0 Å². The monoisotopic (exact) mass is 230 g/mol. The molecule has 2 fully saturated rings. The van der Waals surface area contributed by atoms with Gasteiger partial charge >= 0.3 is 0 Å². The number of hydrogen-bond acceptors (Lipinski definition) is 3. The zero-order valence-corrected chi connectivity index (χ0v) is 10.2. The largest absolute Gasteiger partial charge is 0.396 e. The zero-order valence-electron chi connectivity index (χ0n) is 9.41. The summed E-state index contributed by atoms with van der Waals surface area (Å²) >= 11 is 2.04. The van der Waals surface area contributed by atoms with E-state index in [0.717, 1.165) is 24.0 Å². The number of ether oxygens (including phenoxy) is 1. The van der Waals surface area contributed by atoms with Crippen molar-refractivity contribution in [1.82, 2.24) is 0 Å². The van der Waals surface area contributed by atoms with Gasteiger partial charge in [-0.15, -0.1) is 0 Å². The van der Waals surface area contributed by atoms with Crippen LogP contribution in [0.4, 0.5) is 0 Å². The van der Waals surface area contributed by atoms with Gasteiger partial charge in [-0.3, -0.25) is 0 Å². The van der Waals surface area contributed by atoms with Crippen molar-refractivity contribution in [2.75, 3.05) is 19.0 Å². The maximum Gasteiger partial charge on any atom is 0.0693 e. The van der Waals surface area contributed by atoms with E-state index in [1.165, 1.54) is 38.5 Å². The Morgan fingerprint density at radius 2 is 2.13 bits per heavy atom. The van der Waals surface area contributed by atoms with Crippen LogP contribution >= 0.6 is 11.8 Å². The van der Waals surface area contributed by atoms with Crippen molar-refractivity contribution in [1.29, 1.82) is 0 Å². The van der Waals surface area contributed by atoms with Crippen LogP contribution in [0.1, 0.15) is 44.9 Å². The van der Waals surface area contributed by atoms with E-state index in [-0.39, 0.29) is 5.60 Å². The molecule has 2 nitrogen and oxygen atoms in total. The lowest BCUT2D eigenvalue weighted by molar-refractivity contribution is -0.0703. The highest BCUT2D eigenvalue weighted by Crippen LogP contribution is 2.42. The Bertz CT molecular complexity index is 190. The van der Waals surface area contributed by atoms with E-state index in [9.17, 15) is 0 Å². The molecule has 1 unspecified atom stereocenters. The van der Waals surface area contributed by atoms with Gasteiger partial charge in [-0.05, 0) is 37.9 Å². The summed E-state index contributed by atoms with van der Waals surface area (Å²) in [6, 6.07) is 0. The van der Waals surface area contributed by atoms with Crippen LogP contribution in [0, 0.1) is 0 Å². The van der Waals surface area contributed by atoms with Gasteiger partial charge in [0.15, 0.2) is 0 Å². The molecule has 1 aliphatic heterocycles. The summed E-state index contributed by atoms with van der Waals surface area (Å²) in [4.78, 5) is 0. The highest BCUT2D eigenvalue weighted by Gasteiger charge is 2.39. The molecular weight excluding hydrogens is 208 g/mol. The normalized spacial score (nSPS) is 29.8. The Kier molecular flexibility index (Phi) is 4.35. The van der Waals surface area contributed by atoms with Crippen LogP contribution in [0.3, 0.4) is 0 Å². The van der Waals surface area contributed by atoms with E-state index in [1.54, 1.807) is 0 Å². The predicted octanol–water partition coefficient (Wildman–Crippen LogP) is 2.59. The van der Waals surface area contributed by atoms with E-state index in [2.05, 4.69) is 0 Å². The lowest BCUT2D eigenvalue weighted by atomic mass is 9.92. The number of aliphatic hydroxyl groups excluding tert-OH is 1. The molecule has 1 atom stereocenters. The first-order valence-corrected chi connectivity index (χ1v) is 7.26. The average Bonchev–Trinajstić information content (AvgIpc) is 2.67. The Labute approximate surface area is 96.8 Å². The fourth-order valence-electron chi connectivity index (χ4n) is 2.81. The molecule has 1 heterocycles. The van der Waals surface area contributed by atoms with E-state index >= 15 is 0 Å². The molecule has 1 N–H and O–H groups in total. The second kappa shape index (κ2) is 5.55.